The molecule has 3 aromatic carbocycles. The number of hydrogen-bond donors (Lipinski definition) is 4. The van der Waals surface area contributed by atoms with E-state index in [4.69, 9.17) is 11.5 Å². The van der Waals surface area contributed by atoms with Crippen molar-refractivity contribution in [3.8, 4) is 0 Å². The average molecular weight is 371 g/mol. The number of rotatable bonds is 8. The van der Waals surface area contributed by atoms with Gasteiger partial charge in [-0.15, -0.1) is 0 Å². The maximum absolute atomic E-state index is 6.31. The lowest BCUT2D eigenvalue weighted by Gasteiger charge is -2.12. The van der Waals surface area contributed by atoms with Crippen LogP contribution in [0.5, 0.6) is 0 Å². The van der Waals surface area contributed by atoms with Gasteiger partial charge in [-0.2, -0.15) is 0 Å². The van der Waals surface area contributed by atoms with E-state index in [0.717, 1.165) is 22.5 Å². The first-order chi connectivity index (χ1) is 13.7. The summed E-state index contributed by atoms with van der Waals surface area (Å²) in [6.45, 7) is 0. The van der Waals surface area contributed by atoms with Gasteiger partial charge < -0.3 is 22.1 Å². The fourth-order valence-electron chi connectivity index (χ4n) is 2.76. The molecule has 4 heteroatoms. The van der Waals surface area contributed by atoms with E-state index in [0.29, 0.717) is 0 Å². The van der Waals surface area contributed by atoms with Crippen molar-refractivity contribution in [2.45, 2.75) is 12.1 Å². The Morgan fingerprint density at radius 1 is 0.571 bits per heavy atom. The highest BCUT2D eigenvalue weighted by atomic mass is 14.8. The second-order valence-corrected chi connectivity index (χ2v) is 6.46. The van der Waals surface area contributed by atoms with E-state index in [1.165, 1.54) is 0 Å². The zero-order valence-corrected chi connectivity index (χ0v) is 15.7. The number of benzene rings is 3. The molecule has 0 amide bonds. The Labute approximate surface area is 166 Å². The molecule has 142 valence electrons. The molecule has 0 saturated carbocycles. The van der Waals surface area contributed by atoms with Gasteiger partial charge in [-0.25, -0.2) is 0 Å². The number of para-hydroxylation sites is 2. The van der Waals surface area contributed by atoms with Gasteiger partial charge >= 0.3 is 0 Å². The maximum Gasteiger partial charge on any atom is 0.0498 e. The Kier molecular flexibility index (Phi) is 7.01. The van der Waals surface area contributed by atoms with Gasteiger partial charge in [0.15, 0.2) is 0 Å². The molecule has 6 N–H and O–H groups in total. The second kappa shape index (κ2) is 10.1. The first kappa shape index (κ1) is 19.4. The van der Waals surface area contributed by atoms with Crippen LogP contribution in [0.1, 0.15) is 23.2 Å². The molecule has 3 rings (SSSR count). The molecule has 2 unspecified atom stereocenters. The van der Waals surface area contributed by atoms with E-state index in [1.54, 1.807) is 0 Å². The molecule has 2 atom stereocenters. The molecule has 0 spiro atoms. The first-order valence-corrected chi connectivity index (χ1v) is 9.30. The molecule has 0 bridgehead atoms. The van der Waals surface area contributed by atoms with Gasteiger partial charge in [0, 0.05) is 23.5 Å². The quantitative estimate of drug-likeness (QED) is 0.453. The van der Waals surface area contributed by atoms with Crippen molar-refractivity contribution in [2.24, 2.45) is 11.5 Å². The molecule has 0 aromatic heterocycles. The average Bonchev–Trinajstić information content (AvgIpc) is 2.75. The molecule has 0 aliphatic heterocycles. The first-order valence-electron chi connectivity index (χ1n) is 9.30. The van der Waals surface area contributed by atoms with Crippen LogP contribution in [0.15, 0.2) is 109 Å². The van der Waals surface area contributed by atoms with Crippen LogP contribution in [0.2, 0.25) is 0 Å². The highest BCUT2D eigenvalue weighted by Crippen LogP contribution is 2.19. The predicted octanol–water partition coefficient (Wildman–Crippen LogP) is 4.94. The van der Waals surface area contributed by atoms with E-state index >= 15 is 0 Å². The van der Waals surface area contributed by atoms with E-state index < -0.39 is 0 Å². The third-order valence-corrected chi connectivity index (χ3v) is 4.34. The van der Waals surface area contributed by atoms with Gasteiger partial charge in [-0.3, -0.25) is 0 Å². The molecule has 28 heavy (non-hydrogen) atoms. The fourth-order valence-corrected chi connectivity index (χ4v) is 2.76. The van der Waals surface area contributed by atoms with Gasteiger partial charge in [0.25, 0.3) is 0 Å². The van der Waals surface area contributed by atoms with Crippen molar-refractivity contribution in [2.75, 3.05) is 10.6 Å². The van der Waals surface area contributed by atoms with Gasteiger partial charge in [0.2, 0.25) is 0 Å². The van der Waals surface area contributed by atoms with Crippen molar-refractivity contribution in [1.29, 1.82) is 0 Å². The SMILES string of the molecule is NC(/C=C\Nc1ccccc1)c1cccc(C(N)/C=C\Nc2ccccc2)c1. The molecular weight excluding hydrogens is 344 g/mol. The monoisotopic (exact) mass is 370 g/mol. The molecule has 0 radical (unpaired) electrons. The molecule has 0 saturated heterocycles. The highest BCUT2D eigenvalue weighted by Gasteiger charge is 2.06. The van der Waals surface area contributed by atoms with Crippen LogP contribution in [0, 0.1) is 0 Å². The maximum atomic E-state index is 6.31. The lowest BCUT2D eigenvalue weighted by molar-refractivity contribution is 0.875. The van der Waals surface area contributed by atoms with Crippen LogP contribution in [-0.4, -0.2) is 0 Å². The fraction of sp³-hybridized carbons (Fsp3) is 0.0833. The van der Waals surface area contributed by atoms with E-state index in [2.05, 4.69) is 16.7 Å². The van der Waals surface area contributed by atoms with Crippen LogP contribution in [-0.2, 0) is 0 Å². The summed E-state index contributed by atoms with van der Waals surface area (Å²) in [4.78, 5) is 0. The van der Waals surface area contributed by atoms with Crippen molar-refractivity contribution in [3.63, 3.8) is 0 Å². The number of nitrogens with one attached hydrogen (secondary N) is 2. The summed E-state index contributed by atoms with van der Waals surface area (Å²) in [5, 5.41) is 6.44. The summed E-state index contributed by atoms with van der Waals surface area (Å²) in [7, 11) is 0. The second-order valence-electron chi connectivity index (χ2n) is 6.46. The standard InChI is InChI=1S/C24H26N4/c25-23(14-16-27-21-10-3-1-4-11-21)19-8-7-9-20(18-19)24(26)15-17-28-22-12-5-2-6-13-22/h1-18,23-24,27-28H,25-26H2/b16-14-,17-15-. The summed E-state index contributed by atoms with van der Waals surface area (Å²) in [6, 6.07) is 27.6. The topological polar surface area (TPSA) is 76.1 Å². The summed E-state index contributed by atoms with van der Waals surface area (Å²) >= 11 is 0. The molecular formula is C24H26N4. The van der Waals surface area contributed by atoms with E-state index in [9.17, 15) is 0 Å². The summed E-state index contributed by atoms with van der Waals surface area (Å²) < 4.78 is 0. The minimum Gasteiger partial charge on any atom is -0.362 e. The normalized spacial score (nSPS) is 13.5. The van der Waals surface area contributed by atoms with Gasteiger partial charge in [0.1, 0.15) is 0 Å². The molecule has 3 aromatic rings. The Bertz CT molecular complexity index is 831. The molecule has 0 aliphatic rings. The van der Waals surface area contributed by atoms with Crippen molar-refractivity contribution in [3.05, 3.63) is 121 Å². The molecule has 4 nitrogen and oxygen atoms in total. The molecule has 0 aliphatic carbocycles. The minimum absolute atomic E-state index is 0.213. The summed E-state index contributed by atoms with van der Waals surface area (Å²) in [5.41, 5.74) is 16.7. The zero-order valence-electron chi connectivity index (χ0n) is 15.7. The van der Waals surface area contributed by atoms with Gasteiger partial charge in [-0.1, -0.05) is 60.7 Å². The third-order valence-electron chi connectivity index (χ3n) is 4.34. The van der Waals surface area contributed by atoms with Crippen LogP contribution >= 0.6 is 0 Å². The number of anilines is 2. The number of nitrogens with two attached hydrogens (primary N) is 2. The van der Waals surface area contributed by atoms with E-state index in [1.807, 2.05) is 103 Å². The van der Waals surface area contributed by atoms with Crippen molar-refractivity contribution >= 4 is 11.4 Å². The third kappa shape index (κ3) is 5.84. The van der Waals surface area contributed by atoms with Crippen molar-refractivity contribution in [1.82, 2.24) is 0 Å². The lowest BCUT2D eigenvalue weighted by Crippen LogP contribution is -2.11. The molecule has 0 heterocycles. The lowest BCUT2D eigenvalue weighted by atomic mass is 10.0. The van der Waals surface area contributed by atoms with Gasteiger partial charge in [0.05, 0.1) is 0 Å². The Morgan fingerprint density at radius 3 is 1.43 bits per heavy atom. The Morgan fingerprint density at radius 2 is 1.00 bits per heavy atom. The Hall–Kier alpha value is -3.34. The predicted molar refractivity (Wildman–Crippen MR) is 119 cm³/mol. The number of hydrogen-bond acceptors (Lipinski definition) is 4. The summed E-state index contributed by atoms with van der Waals surface area (Å²) in [6.07, 6.45) is 7.61. The largest absolute Gasteiger partial charge is 0.362 e. The van der Waals surface area contributed by atoms with Crippen LogP contribution in [0.25, 0.3) is 0 Å². The smallest absolute Gasteiger partial charge is 0.0498 e. The van der Waals surface area contributed by atoms with Crippen LogP contribution in [0.3, 0.4) is 0 Å². The zero-order chi connectivity index (χ0) is 19.6. The molecule has 0 fully saturated rings. The van der Waals surface area contributed by atoms with Crippen LogP contribution in [0.4, 0.5) is 11.4 Å². The highest BCUT2D eigenvalue weighted by molar-refractivity contribution is 5.46. The van der Waals surface area contributed by atoms with E-state index in [-0.39, 0.29) is 12.1 Å². The van der Waals surface area contributed by atoms with Gasteiger partial charge in [-0.05, 0) is 59.9 Å². The van der Waals surface area contributed by atoms with Crippen molar-refractivity contribution < 1.29 is 0 Å². The van der Waals surface area contributed by atoms with Crippen LogP contribution < -0.4 is 22.1 Å². The summed E-state index contributed by atoms with van der Waals surface area (Å²) in [5.74, 6) is 0. The minimum atomic E-state index is -0.213. The Balaban J connectivity index is 1.59.